The molecule has 20 unspecified atom stereocenters. The Kier molecular flexibility index (Phi) is 20.5. The molecule has 9 rings (SSSR count). The molecule has 20 atom stereocenters. The van der Waals surface area contributed by atoms with Gasteiger partial charge in [-0.1, -0.05) is 12.1 Å². The lowest BCUT2D eigenvalue weighted by Crippen LogP contribution is -2.65. The van der Waals surface area contributed by atoms with Crippen molar-refractivity contribution in [3.8, 4) is 57.3 Å². The molecular formula is C57H63O31+. The van der Waals surface area contributed by atoms with E-state index in [1.54, 1.807) is 0 Å². The molecule has 5 aromatic rings. The predicted molar refractivity (Wildman–Crippen MR) is 289 cm³/mol. The summed E-state index contributed by atoms with van der Waals surface area (Å²) < 4.78 is 63.7. The van der Waals surface area contributed by atoms with E-state index in [0.717, 1.165) is 42.5 Å². The van der Waals surface area contributed by atoms with Gasteiger partial charge in [0.1, 0.15) is 127 Å². The van der Waals surface area contributed by atoms with E-state index in [1.807, 2.05) is 0 Å². The van der Waals surface area contributed by atoms with Crippen LogP contribution in [0.2, 0.25) is 0 Å². The Morgan fingerprint density at radius 2 is 0.920 bits per heavy atom. The average Bonchev–Trinajstić information content (AvgIpc) is 3.53. The molecule has 1 aromatic heterocycles. The van der Waals surface area contributed by atoms with Gasteiger partial charge in [0.15, 0.2) is 35.4 Å². The maximum atomic E-state index is 13.1. The topological polar surface area (TPSA) is 502 Å². The Labute approximate surface area is 495 Å². The van der Waals surface area contributed by atoms with E-state index >= 15 is 0 Å². The molecule has 5 heterocycles. The normalized spacial score (nSPS) is 32.6. The van der Waals surface area contributed by atoms with Gasteiger partial charge in [-0.3, -0.25) is 0 Å². The molecule has 31 nitrogen and oxygen atoms in total. The summed E-state index contributed by atoms with van der Waals surface area (Å²) in [6.07, 6.45) is -33.4. The maximum Gasteiger partial charge on any atom is 0.402 e. The third-order valence-corrected chi connectivity index (χ3v) is 14.5. The molecule has 0 bridgehead atoms. The lowest BCUT2D eigenvalue weighted by atomic mass is 9.97. The second-order valence-electron chi connectivity index (χ2n) is 20.6. The summed E-state index contributed by atoms with van der Waals surface area (Å²) in [5.41, 5.74) is 0.389. The van der Waals surface area contributed by atoms with Crippen LogP contribution in [0.15, 0.2) is 95.4 Å². The van der Waals surface area contributed by atoms with Crippen LogP contribution in [0.25, 0.3) is 34.4 Å². The number of aliphatic hydroxyl groups is 13. The second kappa shape index (κ2) is 27.8. The van der Waals surface area contributed by atoms with Crippen molar-refractivity contribution >= 4 is 35.1 Å². The third-order valence-electron chi connectivity index (χ3n) is 14.5. The smallest absolute Gasteiger partial charge is 0.402 e. The van der Waals surface area contributed by atoms with Crippen LogP contribution in [0.1, 0.15) is 11.1 Å². The molecule has 0 radical (unpaired) electrons. The predicted octanol–water partition coefficient (Wildman–Crippen LogP) is -3.20. The lowest BCUT2D eigenvalue weighted by Gasteiger charge is -2.45. The first-order valence-corrected chi connectivity index (χ1v) is 26.9. The molecular weight excluding hydrogens is 1180 g/mol. The molecule has 88 heavy (non-hydrogen) atoms. The fourth-order valence-corrected chi connectivity index (χ4v) is 9.61. The van der Waals surface area contributed by atoms with Crippen LogP contribution in [0.4, 0.5) is 0 Å². The lowest BCUT2D eigenvalue weighted by molar-refractivity contribution is -0.358. The van der Waals surface area contributed by atoms with Crippen molar-refractivity contribution in [3.05, 3.63) is 102 Å². The van der Waals surface area contributed by atoms with Crippen molar-refractivity contribution in [2.24, 2.45) is 0 Å². The molecule has 18 N–H and O–H groups in total. The monoisotopic (exact) mass is 1240 g/mol. The standard InChI is InChI=1S/C57H62O31/c58-18-35-41(67)45(71)49(75)54(84-35)81-32-16-26(61)15-31-27(32)17-34(52(80-31)24-5-7-25(60)8-6-24)83-57-53(48(74)44(70)38(87-57)21-79-39(65)11-3-22-1-9-28(62)30(64)13-22)88-56-51(77)47(73)43(69)37(86-56)20-78-40(66)12-4-23-2-10-29(63)33(14-23)82-55-50(76)46(72)42(68)36(19-59)85-55/h1-17,35-38,41-51,53-59,67-77H,18-21H2,(H4-,60,61,62,63,64,65,66)/p+1. The molecule has 4 aromatic carbocycles. The van der Waals surface area contributed by atoms with E-state index in [1.165, 1.54) is 60.7 Å². The van der Waals surface area contributed by atoms with Crippen molar-refractivity contribution in [1.29, 1.82) is 0 Å². The summed E-state index contributed by atoms with van der Waals surface area (Å²) in [5.74, 6) is -5.55. The largest absolute Gasteiger partial charge is 0.508 e. The highest BCUT2D eigenvalue weighted by atomic mass is 16.8. The van der Waals surface area contributed by atoms with Gasteiger partial charge in [-0.25, -0.2) is 14.0 Å². The van der Waals surface area contributed by atoms with E-state index < -0.39 is 184 Å². The molecule has 4 aliphatic rings. The van der Waals surface area contributed by atoms with Crippen molar-refractivity contribution in [3.63, 3.8) is 0 Å². The Hall–Kier alpha value is -7.61. The summed E-state index contributed by atoms with van der Waals surface area (Å²) >= 11 is 0. The van der Waals surface area contributed by atoms with E-state index in [-0.39, 0.29) is 56.4 Å². The molecule has 4 aliphatic heterocycles. The van der Waals surface area contributed by atoms with Crippen LogP contribution in [-0.2, 0) is 42.7 Å². The van der Waals surface area contributed by atoms with Crippen molar-refractivity contribution < 1.29 is 153 Å². The highest BCUT2D eigenvalue weighted by Crippen LogP contribution is 2.43. The van der Waals surface area contributed by atoms with Gasteiger partial charge < -0.3 is 139 Å². The van der Waals surface area contributed by atoms with Gasteiger partial charge in [0.2, 0.25) is 24.6 Å². The van der Waals surface area contributed by atoms with Crippen LogP contribution in [0.5, 0.6) is 46.0 Å². The Morgan fingerprint density at radius 1 is 0.443 bits per heavy atom. The quantitative estimate of drug-likeness (QED) is 0.0168. The second-order valence-corrected chi connectivity index (χ2v) is 20.6. The molecule has 0 aliphatic carbocycles. The number of phenols is 5. The van der Waals surface area contributed by atoms with Crippen molar-refractivity contribution in [2.75, 3.05) is 26.4 Å². The van der Waals surface area contributed by atoms with Crippen molar-refractivity contribution in [1.82, 2.24) is 0 Å². The molecule has 0 saturated carbocycles. The summed E-state index contributed by atoms with van der Waals surface area (Å²) in [6, 6.07) is 15.9. The zero-order chi connectivity index (χ0) is 63.4. The number of rotatable bonds is 19. The average molecular weight is 1240 g/mol. The molecule has 476 valence electrons. The summed E-state index contributed by atoms with van der Waals surface area (Å²) in [6.45, 7) is -3.30. The number of aliphatic hydroxyl groups excluding tert-OH is 13. The van der Waals surface area contributed by atoms with Crippen LogP contribution in [-0.4, -0.2) is 253 Å². The third kappa shape index (κ3) is 14.4. The van der Waals surface area contributed by atoms with E-state index in [0.29, 0.717) is 0 Å². The number of carbonyl (C=O) groups excluding carboxylic acids is 2. The highest BCUT2D eigenvalue weighted by Gasteiger charge is 2.53. The van der Waals surface area contributed by atoms with Crippen LogP contribution in [0, 0.1) is 0 Å². The minimum absolute atomic E-state index is 0.107. The minimum Gasteiger partial charge on any atom is -0.508 e. The van der Waals surface area contributed by atoms with Gasteiger partial charge in [0.25, 0.3) is 0 Å². The first-order chi connectivity index (χ1) is 41.9. The minimum atomic E-state index is -2.20. The van der Waals surface area contributed by atoms with Crippen LogP contribution in [0.3, 0.4) is 0 Å². The number of hydrogen-bond acceptors (Lipinski definition) is 30. The fraction of sp³-hybridized carbons (Fsp3) is 0.421. The van der Waals surface area contributed by atoms with Gasteiger partial charge >= 0.3 is 23.3 Å². The molecule has 0 amide bonds. The first kappa shape index (κ1) is 64.9. The summed E-state index contributed by atoms with van der Waals surface area (Å²) in [7, 11) is 0. The van der Waals surface area contributed by atoms with Gasteiger partial charge in [0, 0.05) is 24.3 Å². The number of fused-ring (bicyclic) bond motifs is 1. The SMILES string of the molecule is O=C(C=Cc1ccc(O)c(OC2OC(CO)C(O)C(O)C2O)c1)OCC1OC(OC2C(Oc3cc4c(OC5OC(CO)C(O)C(O)C5O)cc(O)cc4[o+]c3-c3ccc(O)cc3)OC(COC(=O)C=Cc3ccc(O)c(O)c3)C(O)C2O)C(O)C(O)C1O. The molecule has 0 spiro atoms. The molecule has 31 heteroatoms. The number of esters is 2. The zero-order valence-electron chi connectivity index (χ0n) is 45.5. The van der Waals surface area contributed by atoms with Crippen LogP contribution < -0.4 is 14.2 Å². The van der Waals surface area contributed by atoms with Gasteiger partial charge in [-0.2, -0.15) is 0 Å². The molecule has 4 fully saturated rings. The highest BCUT2D eigenvalue weighted by molar-refractivity contribution is 5.89. The number of phenolic OH excluding ortho intramolecular Hbond substituents is 5. The number of benzene rings is 4. The first-order valence-electron chi connectivity index (χ1n) is 26.9. The summed E-state index contributed by atoms with van der Waals surface area (Å²) in [5, 5.41) is 190. The summed E-state index contributed by atoms with van der Waals surface area (Å²) in [4.78, 5) is 26.1. The van der Waals surface area contributed by atoms with Gasteiger partial charge in [0.05, 0.1) is 24.8 Å². The number of ether oxygens (including phenoxy) is 10. The Morgan fingerprint density at radius 3 is 1.48 bits per heavy atom. The van der Waals surface area contributed by atoms with E-state index in [2.05, 4.69) is 0 Å². The van der Waals surface area contributed by atoms with E-state index in [9.17, 15) is 102 Å². The van der Waals surface area contributed by atoms with E-state index in [4.69, 9.17) is 51.8 Å². The number of hydrogen-bond donors (Lipinski definition) is 18. The number of aromatic hydroxyl groups is 5. The van der Waals surface area contributed by atoms with Crippen molar-refractivity contribution in [2.45, 2.75) is 123 Å². The fourth-order valence-electron chi connectivity index (χ4n) is 9.61. The Balaban J connectivity index is 0.983. The van der Waals surface area contributed by atoms with Gasteiger partial charge in [-0.05, 0) is 71.8 Å². The maximum absolute atomic E-state index is 13.1. The molecule has 4 saturated heterocycles. The van der Waals surface area contributed by atoms with Gasteiger partial charge in [-0.15, -0.1) is 0 Å². The number of carbonyl (C=O) groups is 2. The Bertz CT molecular complexity index is 3280. The van der Waals surface area contributed by atoms with Crippen LogP contribution >= 0.6 is 0 Å². The zero-order valence-corrected chi connectivity index (χ0v) is 45.5.